The highest BCUT2D eigenvalue weighted by Gasteiger charge is 2.04. The van der Waals surface area contributed by atoms with Crippen LogP contribution in [0.3, 0.4) is 0 Å². The van der Waals surface area contributed by atoms with Crippen molar-refractivity contribution in [3.63, 3.8) is 0 Å². The van der Waals surface area contributed by atoms with Gasteiger partial charge in [0, 0.05) is 6.08 Å². The topological polar surface area (TPSA) is 74.6 Å². The molecule has 0 radical (unpaired) electrons. The lowest BCUT2D eigenvalue weighted by Crippen LogP contribution is -2.01. The average molecular weight is 322 g/mol. The predicted molar refractivity (Wildman–Crippen MR) is 95.4 cm³/mol. The zero-order valence-electron chi connectivity index (χ0n) is 13.0. The van der Waals surface area contributed by atoms with Gasteiger partial charge in [-0.25, -0.2) is 9.59 Å². The SMILES string of the molecule is C=Cc1ccccc1.O=C(O)/C=C(/C=Cc1ccccc1)C(=O)O. The number of hydrogen-bond acceptors (Lipinski definition) is 2. The van der Waals surface area contributed by atoms with E-state index in [1.165, 1.54) is 11.6 Å². The van der Waals surface area contributed by atoms with Gasteiger partial charge in [0.2, 0.25) is 0 Å². The molecule has 0 saturated carbocycles. The quantitative estimate of drug-likeness (QED) is 0.641. The normalized spacial score (nSPS) is 10.6. The molecule has 0 aliphatic carbocycles. The van der Waals surface area contributed by atoms with Crippen LogP contribution in [-0.4, -0.2) is 22.2 Å². The van der Waals surface area contributed by atoms with E-state index in [2.05, 4.69) is 6.58 Å². The fourth-order valence-corrected chi connectivity index (χ4v) is 1.65. The molecule has 0 saturated heterocycles. The van der Waals surface area contributed by atoms with Crippen molar-refractivity contribution in [1.82, 2.24) is 0 Å². The summed E-state index contributed by atoms with van der Waals surface area (Å²) in [6.07, 6.45) is 5.29. The Balaban J connectivity index is 0.000000300. The van der Waals surface area contributed by atoms with Gasteiger partial charge >= 0.3 is 11.9 Å². The number of carbonyl (C=O) groups is 2. The minimum atomic E-state index is -1.28. The zero-order chi connectivity index (χ0) is 17.8. The lowest BCUT2D eigenvalue weighted by atomic mass is 10.1. The molecule has 4 nitrogen and oxygen atoms in total. The number of benzene rings is 2. The summed E-state index contributed by atoms with van der Waals surface area (Å²) in [5.41, 5.74) is 1.71. The van der Waals surface area contributed by atoms with E-state index in [1.807, 2.05) is 42.5 Å². The van der Waals surface area contributed by atoms with Crippen molar-refractivity contribution in [2.24, 2.45) is 0 Å². The smallest absolute Gasteiger partial charge is 0.335 e. The lowest BCUT2D eigenvalue weighted by molar-refractivity contribution is -0.134. The van der Waals surface area contributed by atoms with E-state index in [1.54, 1.807) is 30.3 Å². The third-order valence-electron chi connectivity index (χ3n) is 2.82. The van der Waals surface area contributed by atoms with Crippen LogP contribution < -0.4 is 0 Å². The average Bonchev–Trinajstić information content (AvgIpc) is 2.60. The van der Waals surface area contributed by atoms with Crippen molar-refractivity contribution in [3.05, 3.63) is 96.1 Å². The highest BCUT2D eigenvalue weighted by molar-refractivity contribution is 5.97. The van der Waals surface area contributed by atoms with Crippen LogP contribution in [-0.2, 0) is 9.59 Å². The first-order valence-corrected chi connectivity index (χ1v) is 7.11. The highest BCUT2D eigenvalue weighted by Crippen LogP contribution is 2.05. The maximum Gasteiger partial charge on any atom is 0.335 e. The first-order valence-electron chi connectivity index (χ1n) is 7.11. The molecule has 24 heavy (non-hydrogen) atoms. The Morgan fingerprint density at radius 2 is 1.33 bits per heavy atom. The van der Waals surface area contributed by atoms with Gasteiger partial charge in [0.1, 0.15) is 0 Å². The van der Waals surface area contributed by atoms with E-state index in [-0.39, 0.29) is 5.57 Å². The first-order chi connectivity index (χ1) is 11.5. The fraction of sp³-hybridized carbons (Fsp3) is 0. The van der Waals surface area contributed by atoms with Crippen molar-refractivity contribution in [3.8, 4) is 0 Å². The van der Waals surface area contributed by atoms with Crippen LogP contribution in [0.25, 0.3) is 12.2 Å². The van der Waals surface area contributed by atoms with E-state index in [0.29, 0.717) is 6.08 Å². The Bertz CT molecular complexity index is 729. The maximum absolute atomic E-state index is 10.7. The van der Waals surface area contributed by atoms with Crippen molar-refractivity contribution in [2.75, 3.05) is 0 Å². The van der Waals surface area contributed by atoms with Gasteiger partial charge in [0.25, 0.3) is 0 Å². The van der Waals surface area contributed by atoms with E-state index >= 15 is 0 Å². The van der Waals surface area contributed by atoms with E-state index < -0.39 is 11.9 Å². The molecule has 0 fully saturated rings. The minimum Gasteiger partial charge on any atom is -0.478 e. The molecule has 0 aliphatic heterocycles. The third kappa shape index (κ3) is 7.56. The second-order valence-corrected chi connectivity index (χ2v) is 4.60. The Morgan fingerprint density at radius 1 is 0.833 bits per heavy atom. The molecule has 2 rings (SSSR count). The molecular weight excluding hydrogens is 304 g/mol. The Kier molecular flexibility index (Phi) is 8.04. The molecule has 0 unspecified atom stereocenters. The molecule has 0 amide bonds. The van der Waals surface area contributed by atoms with Crippen LogP contribution in [0.5, 0.6) is 0 Å². The molecule has 2 aromatic carbocycles. The Morgan fingerprint density at radius 3 is 1.71 bits per heavy atom. The van der Waals surface area contributed by atoms with Gasteiger partial charge in [-0.2, -0.15) is 0 Å². The summed E-state index contributed by atoms with van der Waals surface area (Å²) in [7, 11) is 0. The van der Waals surface area contributed by atoms with Gasteiger partial charge in [-0.3, -0.25) is 0 Å². The maximum atomic E-state index is 10.7. The van der Waals surface area contributed by atoms with E-state index in [9.17, 15) is 9.59 Å². The third-order valence-corrected chi connectivity index (χ3v) is 2.82. The fourth-order valence-electron chi connectivity index (χ4n) is 1.65. The van der Waals surface area contributed by atoms with Crippen LogP contribution >= 0.6 is 0 Å². The van der Waals surface area contributed by atoms with Crippen LogP contribution in [0.2, 0.25) is 0 Å². The summed E-state index contributed by atoms with van der Waals surface area (Å²) in [5.74, 6) is -2.55. The van der Waals surface area contributed by atoms with Gasteiger partial charge in [0.15, 0.2) is 0 Å². The summed E-state index contributed by atoms with van der Waals surface area (Å²) in [5, 5.41) is 17.2. The summed E-state index contributed by atoms with van der Waals surface area (Å²) in [6, 6.07) is 19.1. The van der Waals surface area contributed by atoms with Gasteiger partial charge < -0.3 is 10.2 Å². The summed E-state index contributed by atoms with van der Waals surface area (Å²) in [6.45, 7) is 3.63. The number of hydrogen-bond donors (Lipinski definition) is 2. The van der Waals surface area contributed by atoms with Crippen molar-refractivity contribution in [2.45, 2.75) is 0 Å². The molecule has 0 aliphatic rings. The molecule has 4 heteroatoms. The van der Waals surface area contributed by atoms with E-state index in [0.717, 1.165) is 5.56 Å². The molecule has 0 spiro atoms. The second kappa shape index (κ2) is 10.3. The largest absolute Gasteiger partial charge is 0.478 e. The Hall–Kier alpha value is -3.40. The van der Waals surface area contributed by atoms with Gasteiger partial charge in [0.05, 0.1) is 5.57 Å². The van der Waals surface area contributed by atoms with Gasteiger partial charge in [-0.15, -0.1) is 0 Å². The van der Waals surface area contributed by atoms with Gasteiger partial charge in [-0.05, 0) is 17.2 Å². The number of carboxylic acids is 2. The van der Waals surface area contributed by atoms with Crippen LogP contribution in [0.15, 0.2) is 85.0 Å². The number of carboxylic acid groups (broad SMARTS) is 2. The number of rotatable bonds is 5. The standard InChI is InChI=1S/C12H10O4.C8H8/c13-11(14)8-10(12(15)16)7-6-9-4-2-1-3-5-9;1-2-8-6-4-3-5-7-8/h1-8H,(H,13,14)(H,15,16);2-7H,1H2/b7-6?,10-8-;. The van der Waals surface area contributed by atoms with Crippen molar-refractivity contribution < 1.29 is 19.8 Å². The van der Waals surface area contributed by atoms with Crippen LogP contribution in [0.4, 0.5) is 0 Å². The zero-order valence-corrected chi connectivity index (χ0v) is 13.0. The van der Waals surface area contributed by atoms with Crippen molar-refractivity contribution >= 4 is 24.1 Å². The van der Waals surface area contributed by atoms with E-state index in [4.69, 9.17) is 10.2 Å². The number of aliphatic carboxylic acids is 2. The Labute approximate surface area is 140 Å². The molecule has 2 aromatic rings. The van der Waals surface area contributed by atoms with Crippen molar-refractivity contribution in [1.29, 1.82) is 0 Å². The molecule has 2 N–H and O–H groups in total. The summed E-state index contributed by atoms with van der Waals surface area (Å²) < 4.78 is 0. The molecule has 0 aromatic heterocycles. The predicted octanol–water partition coefficient (Wildman–Crippen LogP) is 4.13. The van der Waals surface area contributed by atoms with Gasteiger partial charge in [-0.1, -0.05) is 79.4 Å². The summed E-state index contributed by atoms with van der Waals surface area (Å²) in [4.78, 5) is 21.0. The van der Waals surface area contributed by atoms with Crippen LogP contribution in [0, 0.1) is 0 Å². The molecular formula is C20H18O4. The molecule has 122 valence electrons. The second-order valence-electron chi connectivity index (χ2n) is 4.60. The monoisotopic (exact) mass is 322 g/mol. The molecule has 0 atom stereocenters. The lowest BCUT2D eigenvalue weighted by Gasteiger charge is -1.94. The summed E-state index contributed by atoms with van der Waals surface area (Å²) >= 11 is 0. The van der Waals surface area contributed by atoms with Crippen LogP contribution in [0.1, 0.15) is 11.1 Å². The molecule has 0 bridgehead atoms. The highest BCUT2D eigenvalue weighted by atomic mass is 16.4. The molecule has 0 heterocycles. The first kappa shape index (κ1) is 18.6. The minimum absolute atomic E-state index is 0.267.